The van der Waals surface area contributed by atoms with Crippen LogP contribution in [0.5, 0.6) is 0 Å². The number of nitrogens with zero attached hydrogens (tertiary/aromatic N) is 3. The summed E-state index contributed by atoms with van der Waals surface area (Å²) in [5, 5.41) is 9.67. The lowest BCUT2D eigenvalue weighted by Crippen LogP contribution is -2.29. The molecule has 1 unspecified atom stereocenters. The second kappa shape index (κ2) is 7.65. The van der Waals surface area contributed by atoms with Crippen molar-refractivity contribution < 1.29 is 9.53 Å². The van der Waals surface area contributed by atoms with Crippen LogP contribution in [0.15, 0.2) is 35.9 Å². The number of benzene rings is 1. The van der Waals surface area contributed by atoms with Gasteiger partial charge < -0.3 is 14.2 Å². The van der Waals surface area contributed by atoms with Crippen molar-refractivity contribution in [1.29, 1.82) is 5.26 Å². The van der Waals surface area contributed by atoms with Crippen molar-refractivity contribution in [2.75, 3.05) is 18.1 Å². The van der Waals surface area contributed by atoms with Crippen molar-refractivity contribution in [2.45, 2.75) is 45.8 Å². The minimum Gasteiger partial charge on any atom is -0.376 e. The van der Waals surface area contributed by atoms with Crippen molar-refractivity contribution >= 4 is 17.7 Å². The van der Waals surface area contributed by atoms with Crippen LogP contribution in [0, 0.1) is 25.2 Å². The Morgan fingerprint density at radius 2 is 2.18 bits per heavy atom. The molecule has 0 saturated carbocycles. The molecule has 2 aliphatic heterocycles. The highest BCUT2D eigenvalue weighted by atomic mass is 16.5. The van der Waals surface area contributed by atoms with Gasteiger partial charge in [-0.25, -0.2) is 0 Å². The summed E-state index contributed by atoms with van der Waals surface area (Å²) in [7, 11) is 0. The molecule has 1 fully saturated rings. The Morgan fingerprint density at radius 3 is 2.93 bits per heavy atom. The molecule has 4 rings (SSSR count). The summed E-state index contributed by atoms with van der Waals surface area (Å²) >= 11 is 0. The zero-order chi connectivity index (χ0) is 19.7. The summed E-state index contributed by atoms with van der Waals surface area (Å²) in [5.74, 6) is -0.226. The third-order valence-electron chi connectivity index (χ3n) is 5.81. The standard InChI is InChI=1S/C23H25N3O2/c1-16-12-19(17(2)26(16)15-21-7-5-11-28-21)13-20(14-24)23(27)25-10-9-18-6-3-4-8-22(18)25/h3-4,6,8,12-13,21H,5,7,9-11,15H2,1-2H3. The van der Waals surface area contributed by atoms with E-state index in [9.17, 15) is 10.1 Å². The number of hydrogen-bond acceptors (Lipinski definition) is 3. The molecule has 1 saturated heterocycles. The van der Waals surface area contributed by atoms with Gasteiger partial charge in [0.1, 0.15) is 11.6 Å². The van der Waals surface area contributed by atoms with Gasteiger partial charge in [0.2, 0.25) is 0 Å². The quantitative estimate of drug-likeness (QED) is 0.604. The summed E-state index contributed by atoms with van der Waals surface area (Å²) in [4.78, 5) is 14.8. The maximum absolute atomic E-state index is 13.0. The summed E-state index contributed by atoms with van der Waals surface area (Å²) in [6, 6.07) is 12.1. The second-order valence-corrected chi connectivity index (χ2v) is 7.58. The predicted molar refractivity (Wildman–Crippen MR) is 109 cm³/mol. The molecule has 1 aromatic carbocycles. The molecule has 144 valence electrons. The average molecular weight is 375 g/mol. The molecule has 0 bridgehead atoms. The molecule has 0 N–H and O–H groups in total. The monoisotopic (exact) mass is 375 g/mol. The SMILES string of the molecule is Cc1cc(C=C(C#N)C(=O)N2CCc3ccccc32)c(C)n1CC1CCCO1. The number of aryl methyl sites for hydroxylation is 1. The summed E-state index contributed by atoms with van der Waals surface area (Å²) < 4.78 is 8.00. The first-order chi connectivity index (χ1) is 13.6. The zero-order valence-electron chi connectivity index (χ0n) is 16.4. The first-order valence-corrected chi connectivity index (χ1v) is 9.88. The number of fused-ring (bicyclic) bond motifs is 1. The molecular formula is C23H25N3O2. The largest absolute Gasteiger partial charge is 0.376 e. The highest BCUT2D eigenvalue weighted by Gasteiger charge is 2.27. The Hall–Kier alpha value is -2.84. The molecule has 5 heteroatoms. The van der Waals surface area contributed by atoms with E-state index in [-0.39, 0.29) is 17.6 Å². The fourth-order valence-corrected chi connectivity index (χ4v) is 4.24. The van der Waals surface area contributed by atoms with Crippen molar-refractivity contribution in [3.63, 3.8) is 0 Å². The molecule has 2 aliphatic rings. The lowest BCUT2D eigenvalue weighted by atomic mass is 10.1. The number of aromatic nitrogens is 1. The molecular weight excluding hydrogens is 350 g/mol. The van der Waals surface area contributed by atoms with E-state index in [2.05, 4.69) is 17.6 Å². The molecule has 0 radical (unpaired) electrons. The van der Waals surface area contributed by atoms with E-state index in [1.165, 1.54) is 0 Å². The van der Waals surface area contributed by atoms with Crippen LogP contribution in [0.1, 0.15) is 35.4 Å². The summed E-state index contributed by atoms with van der Waals surface area (Å²) in [6.07, 6.45) is 5.01. The topological polar surface area (TPSA) is 58.3 Å². The smallest absolute Gasteiger partial charge is 0.268 e. The minimum absolute atomic E-state index is 0.175. The van der Waals surface area contributed by atoms with Gasteiger partial charge in [-0.15, -0.1) is 0 Å². The zero-order valence-corrected chi connectivity index (χ0v) is 16.4. The highest BCUT2D eigenvalue weighted by Crippen LogP contribution is 2.29. The van der Waals surface area contributed by atoms with E-state index in [4.69, 9.17) is 4.74 Å². The third kappa shape index (κ3) is 3.36. The van der Waals surface area contributed by atoms with Crippen LogP contribution < -0.4 is 4.90 Å². The Kier molecular flexibility index (Phi) is 5.06. The predicted octanol–water partition coefficient (Wildman–Crippen LogP) is 3.78. The Labute approximate surface area is 165 Å². The lowest BCUT2D eigenvalue weighted by molar-refractivity contribution is -0.114. The number of hydrogen-bond donors (Lipinski definition) is 0. The fourth-order valence-electron chi connectivity index (χ4n) is 4.24. The van der Waals surface area contributed by atoms with E-state index >= 15 is 0 Å². The number of amides is 1. The van der Waals surface area contributed by atoms with Gasteiger partial charge in [-0.3, -0.25) is 4.79 Å². The number of carbonyl (C=O) groups is 1. The van der Waals surface area contributed by atoms with Crippen molar-refractivity contribution in [3.8, 4) is 6.07 Å². The van der Waals surface area contributed by atoms with E-state index in [1.807, 2.05) is 37.3 Å². The van der Waals surface area contributed by atoms with Gasteiger partial charge in [-0.1, -0.05) is 18.2 Å². The number of anilines is 1. The van der Waals surface area contributed by atoms with Crippen LogP contribution in [-0.2, 0) is 22.5 Å². The van der Waals surface area contributed by atoms with E-state index in [0.717, 1.165) is 60.6 Å². The number of carbonyl (C=O) groups excluding carboxylic acids is 1. The van der Waals surface area contributed by atoms with Crippen LogP contribution in [0.2, 0.25) is 0 Å². The molecule has 5 nitrogen and oxygen atoms in total. The molecule has 0 aliphatic carbocycles. The maximum Gasteiger partial charge on any atom is 0.268 e. The van der Waals surface area contributed by atoms with Crippen LogP contribution in [0.4, 0.5) is 5.69 Å². The molecule has 28 heavy (non-hydrogen) atoms. The van der Waals surface area contributed by atoms with Crippen LogP contribution in [-0.4, -0.2) is 29.7 Å². The van der Waals surface area contributed by atoms with Gasteiger partial charge in [0.15, 0.2) is 0 Å². The average Bonchev–Trinajstić information content (AvgIpc) is 3.42. The van der Waals surface area contributed by atoms with Gasteiger partial charge in [-0.05, 0) is 62.4 Å². The molecule has 1 aromatic heterocycles. The van der Waals surface area contributed by atoms with Gasteiger partial charge in [0.25, 0.3) is 5.91 Å². The Morgan fingerprint density at radius 1 is 1.36 bits per heavy atom. The lowest BCUT2D eigenvalue weighted by Gasteiger charge is -2.16. The van der Waals surface area contributed by atoms with Gasteiger partial charge >= 0.3 is 0 Å². The van der Waals surface area contributed by atoms with Crippen molar-refractivity contribution in [2.24, 2.45) is 0 Å². The molecule has 2 aromatic rings. The van der Waals surface area contributed by atoms with Gasteiger partial charge in [0, 0.05) is 36.8 Å². The number of rotatable bonds is 4. The molecule has 3 heterocycles. The van der Waals surface area contributed by atoms with E-state index in [1.54, 1.807) is 11.0 Å². The van der Waals surface area contributed by atoms with Gasteiger partial charge in [0.05, 0.1) is 6.10 Å². The normalized spacial score (nSPS) is 19.0. The van der Waals surface area contributed by atoms with Crippen molar-refractivity contribution in [1.82, 2.24) is 4.57 Å². The first kappa shape index (κ1) is 18.5. The third-order valence-corrected chi connectivity index (χ3v) is 5.81. The summed E-state index contributed by atoms with van der Waals surface area (Å²) in [5.41, 5.74) is 5.35. The molecule has 0 spiro atoms. The number of nitriles is 1. The summed E-state index contributed by atoms with van der Waals surface area (Å²) in [6.45, 7) is 6.37. The second-order valence-electron chi connectivity index (χ2n) is 7.58. The van der Waals surface area contributed by atoms with Crippen molar-refractivity contribution in [3.05, 3.63) is 58.4 Å². The first-order valence-electron chi connectivity index (χ1n) is 9.88. The molecule has 1 amide bonds. The Bertz CT molecular complexity index is 974. The van der Waals surface area contributed by atoms with E-state index in [0.29, 0.717) is 6.54 Å². The number of para-hydroxylation sites is 1. The molecule has 1 atom stereocenters. The Balaban J connectivity index is 1.60. The van der Waals surface area contributed by atoms with Crippen LogP contribution in [0.3, 0.4) is 0 Å². The van der Waals surface area contributed by atoms with Crippen LogP contribution >= 0.6 is 0 Å². The number of ether oxygens (including phenoxy) is 1. The minimum atomic E-state index is -0.226. The highest BCUT2D eigenvalue weighted by molar-refractivity contribution is 6.12. The fraction of sp³-hybridized carbons (Fsp3) is 0.391. The van der Waals surface area contributed by atoms with Crippen LogP contribution in [0.25, 0.3) is 6.08 Å². The van der Waals surface area contributed by atoms with E-state index < -0.39 is 0 Å². The maximum atomic E-state index is 13.0. The van der Waals surface area contributed by atoms with Gasteiger partial charge in [-0.2, -0.15) is 5.26 Å².